The summed E-state index contributed by atoms with van der Waals surface area (Å²) in [6, 6.07) is 8.47. The molecule has 2 aliphatic carbocycles. The summed E-state index contributed by atoms with van der Waals surface area (Å²) in [5.41, 5.74) is 1.17. The highest BCUT2D eigenvalue weighted by Gasteiger charge is 2.34. The molecule has 1 aromatic rings. The molecular formula is C18H26FN. The molecule has 3 unspecified atom stereocenters. The number of nitrogens with one attached hydrogen (secondary N) is 1. The fourth-order valence-corrected chi connectivity index (χ4v) is 4.00. The number of hydrogen-bond acceptors (Lipinski definition) is 1. The van der Waals surface area contributed by atoms with Gasteiger partial charge in [0, 0.05) is 12.1 Å². The summed E-state index contributed by atoms with van der Waals surface area (Å²) in [7, 11) is 0. The molecule has 110 valence electrons. The van der Waals surface area contributed by atoms with Crippen molar-refractivity contribution in [3.05, 3.63) is 35.6 Å². The third-order valence-corrected chi connectivity index (χ3v) is 5.34. The SMILES string of the molecule is CC1CCC(NC2CC(c3cccc(F)c3)C2)C(C)C1. The molecule has 1 nitrogen and oxygen atoms in total. The van der Waals surface area contributed by atoms with E-state index in [4.69, 9.17) is 0 Å². The minimum Gasteiger partial charge on any atom is -0.311 e. The first-order valence-corrected chi connectivity index (χ1v) is 8.13. The lowest BCUT2D eigenvalue weighted by Gasteiger charge is -2.42. The van der Waals surface area contributed by atoms with Crippen LogP contribution in [0, 0.1) is 17.7 Å². The van der Waals surface area contributed by atoms with Gasteiger partial charge in [-0.3, -0.25) is 0 Å². The summed E-state index contributed by atoms with van der Waals surface area (Å²) in [6.45, 7) is 4.76. The zero-order chi connectivity index (χ0) is 14.1. The van der Waals surface area contributed by atoms with Crippen LogP contribution in [0.1, 0.15) is 57.4 Å². The maximum absolute atomic E-state index is 13.2. The molecule has 0 bridgehead atoms. The minimum atomic E-state index is -0.103. The second-order valence-corrected chi connectivity index (χ2v) is 7.09. The van der Waals surface area contributed by atoms with Crippen LogP contribution in [0.5, 0.6) is 0 Å². The van der Waals surface area contributed by atoms with Crippen molar-refractivity contribution < 1.29 is 4.39 Å². The second kappa shape index (κ2) is 5.85. The highest BCUT2D eigenvalue weighted by molar-refractivity contribution is 5.23. The van der Waals surface area contributed by atoms with Crippen LogP contribution in [0.15, 0.2) is 24.3 Å². The molecule has 2 fully saturated rings. The molecule has 0 aromatic heterocycles. The molecule has 0 heterocycles. The van der Waals surface area contributed by atoms with Gasteiger partial charge in [-0.25, -0.2) is 4.39 Å². The van der Waals surface area contributed by atoms with Crippen LogP contribution in [0.2, 0.25) is 0 Å². The van der Waals surface area contributed by atoms with E-state index in [1.165, 1.54) is 43.7 Å². The van der Waals surface area contributed by atoms with Crippen LogP contribution in [0.3, 0.4) is 0 Å². The van der Waals surface area contributed by atoms with E-state index in [9.17, 15) is 4.39 Å². The fraction of sp³-hybridized carbons (Fsp3) is 0.667. The summed E-state index contributed by atoms with van der Waals surface area (Å²) in [5.74, 6) is 2.14. The van der Waals surface area contributed by atoms with E-state index in [0.29, 0.717) is 18.0 Å². The fourth-order valence-electron chi connectivity index (χ4n) is 4.00. The van der Waals surface area contributed by atoms with Crippen molar-refractivity contribution in [1.29, 1.82) is 0 Å². The van der Waals surface area contributed by atoms with Gasteiger partial charge in [0.1, 0.15) is 5.82 Å². The lowest BCUT2D eigenvalue weighted by atomic mass is 9.73. The first-order valence-electron chi connectivity index (χ1n) is 8.13. The van der Waals surface area contributed by atoms with Crippen molar-refractivity contribution in [2.75, 3.05) is 0 Å². The zero-order valence-electron chi connectivity index (χ0n) is 12.6. The van der Waals surface area contributed by atoms with Crippen molar-refractivity contribution >= 4 is 0 Å². The van der Waals surface area contributed by atoms with Crippen molar-refractivity contribution in [3.8, 4) is 0 Å². The normalized spacial score (nSPS) is 37.5. The molecule has 2 aliphatic rings. The Labute approximate surface area is 122 Å². The molecule has 0 radical (unpaired) electrons. The molecule has 2 saturated carbocycles. The quantitative estimate of drug-likeness (QED) is 0.857. The van der Waals surface area contributed by atoms with E-state index < -0.39 is 0 Å². The highest BCUT2D eigenvalue weighted by atomic mass is 19.1. The van der Waals surface area contributed by atoms with Gasteiger partial charge in [0.05, 0.1) is 0 Å². The van der Waals surface area contributed by atoms with Gasteiger partial charge in [0.2, 0.25) is 0 Å². The van der Waals surface area contributed by atoms with E-state index in [2.05, 4.69) is 25.2 Å². The molecule has 0 spiro atoms. The Hall–Kier alpha value is -0.890. The summed E-state index contributed by atoms with van der Waals surface area (Å²) in [5, 5.41) is 3.85. The number of benzene rings is 1. The zero-order valence-corrected chi connectivity index (χ0v) is 12.6. The molecule has 1 N–H and O–H groups in total. The summed E-state index contributed by atoms with van der Waals surface area (Å²) < 4.78 is 13.2. The van der Waals surface area contributed by atoms with Crippen molar-refractivity contribution in [3.63, 3.8) is 0 Å². The van der Waals surface area contributed by atoms with Crippen LogP contribution in [0.25, 0.3) is 0 Å². The van der Waals surface area contributed by atoms with Crippen LogP contribution in [-0.2, 0) is 0 Å². The topological polar surface area (TPSA) is 12.0 Å². The molecule has 0 aliphatic heterocycles. The Morgan fingerprint density at radius 3 is 2.60 bits per heavy atom. The Kier molecular flexibility index (Phi) is 4.11. The van der Waals surface area contributed by atoms with Crippen LogP contribution < -0.4 is 5.32 Å². The van der Waals surface area contributed by atoms with Gasteiger partial charge in [-0.1, -0.05) is 26.0 Å². The molecule has 3 atom stereocenters. The number of hydrogen-bond donors (Lipinski definition) is 1. The molecular weight excluding hydrogens is 249 g/mol. The van der Waals surface area contributed by atoms with Gasteiger partial charge < -0.3 is 5.32 Å². The molecule has 1 aromatic carbocycles. The van der Waals surface area contributed by atoms with Gasteiger partial charge in [0.25, 0.3) is 0 Å². The smallest absolute Gasteiger partial charge is 0.123 e. The standard InChI is InChI=1S/C18H26FN/c1-12-6-7-18(13(2)8-12)20-17-10-15(11-17)14-4-3-5-16(19)9-14/h3-5,9,12-13,15,17-18,20H,6-8,10-11H2,1-2H3. The Morgan fingerprint density at radius 2 is 1.90 bits per heavy atom. The van der Waals surface area contributed by atoms with Gasteiger partial charge in [-0.05, 0) is 67.6 Å². The first kappa shape index (κ1) is 14.1. The third kappa shape index (κ3) is 3.06. The number of rotatable bonds is 3. The summed E-state index contributed by atoms with van der Waals surface area (Å²) in [6.07, 6.45) is 6.38. The predicted octanol–water partition coefficient (Wildman–Crippen LogP) is 4.49. The Morgan fingerprint density at radius 1 is 1.10 bits per heavy atom. The molecule has 0 amide bonds. The van der Waals surface area contributed by atoms with E-state index in [1.54, 1.807) is 6.07 Å². The van der Waals surface area contributed by atoms with Crippen LogP contribution in [-0.4, -0.2) is 12.1 Å². The van der Waals surface area contributed by atoms with Crippen molar-refractivity contribution in [2.24, 2.45) is 11.8 Å². The highest BCUT2D eigenvalue weighted by Crippen LogP contribution is 2.38. The largest absolute Gasteiger partial charge is 0.311 e. The van der Waals surface area contributed by atoms with Crippen LogP contribution in [0.4, 0.5) is 4.39 Å². The maximum atomic E-state index is 13.2. The van der Waals surface area contributed by atoms with Crippen LogP contribution >= 0.6 is 0 Å². The lowest BCUT2D eigenvalue weighted by Crippen LogP contribution is -2.49. The average molecular weight is 275 g/mol. The monoisotopic (exact) mass is 275 g/mol. The van der Waals surface area contributed by atoms with E-state index in [0.717, 1.165) is 11.8 Å². The summed E-state index contributed by atoms with van der Waals surface area (Å²) in [4.78, 5) is 0. The van der Waals surface area contributed by atoms with E-state index in [-0.39, 0.29) is 5.82 Å². The Bertz CT molecular complexity index is 452. The second-order valence-electron chi connectivity index (χ2n) is 7.09. The maximum Gasteiger partial charge on any atom is 0.123 e. The predicted molar refractivity (Wildman–Crippen MR) is 81.3 cm³/mol. The molecule has 2 heteroatoms. The number of halogens is 1. The van der Waals surface area contributed by atoms with Gasteiger partial charge in [0.15, 0.2) is 0 Å². The lowest BCUT2D eigenvalue weighted by molar-refractivity contribution is 0.176. The molecule has 3 rings (SSSR count). The average Bonchev–Trinajstić information content (AvgIpc) is 2.35. The molecule has 0 saturated heterocycles. The molecule has 20 heavy (non-hydrogen) atoms. The van der Waals surface area contributed by atoms with E-state index >= 15 is 0 Å². The first-order chi connectivity index (χ1) is 9.61. The van der Waals surface area contributed by atoms with Gasteiger partial charge >= 0.3 is 0 Å². The van der Waals surface area contributed by atoms with E-state index in [1.807, 2.05) is 6.07 Å². The van der Waals surface area contributed by atoms with Gasteiger partial charge in [-0.15, -0.1) is 0 Å². The minimum absolute atomic E-state index is 0.103. The summed E-state index contributed by atoms with van der Waals surface area (Å²) >= 11 is 0. The van der Waals surface area contributed by atoms with Crippen molar-refractivity contribution in [2.45, 2.75) is 64.0 Å². The van der Waals surface area contributed by atoms with Crippen molar-refractivity contribution in [1.82, 2.24) is 5.32 Å². The third-order valence-electron chi connectivity index (χ3n) is 5.34. The Balaban J connectivity index is 1.49. The van der Waals surface area contributed by atoms with Gasteiger partial charge in [-0.2, -0.15) is 0 Å².